The van der Waals surface area contributed by atoms with Gasteiger partial charge in [0.05, 0.1) is 0 Å². The molecule has 0 radical (unpaired) electrons. The van der Waals surface area contributed by atoms with Crippen molar-refractivity contribution in [3.8, 4) is 0 Å². The van der Waals surface area contributed by atoms with Crippen LogP contribution in [0.5, 0.6) is 0 Å². The molecule has 0 unspecified atom stereocenters. The van der Waals surface area contributed by atoms with E-state index in [1.165, 1.54) is 12.1 Å². The maximum Gasteiger partial charge on any atom is 0.322 e. The number of benzene rings is 1. The second kappa shape index (κ2) is 7.24. The molecule has 0 heterocycles. The van der Waals surface area contributed by atoms with E-state index in [9.17, 15) is 9.18 Å². The number of amides is 2. The first-order chi connectivity index (χ1) is 9.70. The highest BCUT2D eigenvalue weighted by Gasteiger charge is 2.26. The number of halogens is 1. The van der Waals surface area contributed by atoms with Gasteiger partial charge in [-0.3, -0.25) is 0 Å². The van der Waals surface area contributed by atoms with Gasteiger partial charge >= 0.3 is 6.03 Å². The van der Waals surface area contributed by atoms with Crippen molar-refractivity contribution in [1.29, 1.82) is 0 Å². The van der Waals surface area contributed by atoms with Crippen molar-refractivity contribution in [2.75, 3.05) is 18.4 Å². The monoisotopic (exact) mass is 279 g/mol. The van der Waals surface area contributed by atoms with Crippen LogP contribution in [0.25, 0.3) is 0 Å². The average Bonchev–Trinajstić information content (AvgIpc) is 2.93. The lowest BCUT2D eigenvalue weighted by atomic mass is 10.2. The van der Waals surface area contributed by atoms with Crippen molar-refractivity contribution in [3.63, 3.8) is 0 Å². The average molecular weight is 279 g/mol. The Morgan fingerprint density at radius 1 is 1.40 bits per heavy atom. The summed E-state index contributed by atoms with van der Waals surface area (Å²) in [6.45, 7) is 1.22. The molecular weight excluding hydrogens is 257 g/mol. The van der Waals surface area contributed by atoms with E-state index < -0.39 is 0 Å². The van der Waals surface area contributed by atoms with Crippen LogP contribution in [0.2, 0.25) is 0 Å². The fraction of sp³-hybridized carbons (Fsp3) is 0.533. The van der Waals surface area contributed by atoms with Gasteiger partial charge in [-0.05, 0) is 44.0 Å². The number of nitrogens with one attached hydrogen (secondary N) is 1. The Balaban J connectivity index is 2.01. The first-order valence-electron chi connectivity index (χ1n) is 7.24. The van der Waals surface area contributed by atoms with Gasteiger partial charge in [-0.2, -0.15) is 0 Å². The van der Waals surface area contributed by atoms with E-state index in [-0.39, 0.29) is 17.9 Å². The fourth-order valence-corrected chi connectivity index (χ4v) is 2.69. The van der Waals surface area contributed by atoms with Gasteiger partial charge in [0.2, 0.25) is 0 Å². The van der Waals surface area contributed by atoms with Crippen molar-refractivity contribution in [3.05, 3.63) is 30.1 Å². The largest absolute Gasteiger partial charge is 0.330 e. The Hall–Kier alpha value is -1.62. The number of hydrogen-bond donors (Lipinski definition) is 2. The standard InChI is InChI=1S/C15H22FN3O/c16-12-5-3-6-13(11-12)18-15(20)19(10-4-9-17)14-7-1-2-8-14/h3,5-6,11,14H,1-2,4,7-10,17H2,(H,18,20). The van der Waals surface area contributed by atoms with Crippen molar-refractivity contribution in [2.24, 2.45) is 5.73 Å². The summed E-state index contributed by atoms with van der Waals surface area (Å²) in [6.07, 6.45) is 5.20. The number of nitrogens with zero attached hydrogens (tertiary/aromatic N) is 1. The minimum atomic E-state index is -0.350. The predicted molar refractivity (Wildman–Crippen MR) is 78.1 cm³/mol. The van der Waals surface area contributed by atoms with Gasteiger partial charge in [-0.1, -0.05) is 18.9 Å². The van der Waals surface area contributed by atoms with Gasteiger partial charge < -0.3 is 16.0 Å². The summed E-state index contributed by atoms with van der Waals surface area (Å²) in [5, 5.41) is 2.77. The SMILES string of the molecule is NCCCN(C(=O)Nc1cccc(F)c1)C1CCCC1. The second-order valence-corrected chi connectivity index (χ2v) is 5.21. The Bertz CT molecular complexity index is 446. The third-order valence-electron chi connectivity index (χ3n) is 3.71. The zero-order valence-electron chi connectivity index (χ0n) is 11.6. The molecule has 1 aliphatic rings. The molecule has 5 heteroatoms. The fourth-order valence-electron chi connectivity index (χ4n) is 2.69. The van der Waals surface area contributed by atoms with Gasteiger partial charge in [-0.15, -0.1) is 0 Å². The molecule has 1 aliphatic carbocycles. The van der Waals surface area contributed by atoms with Gasteiger partial charge in [0, 0.05) is 18.3 Å². The molecule has 110 valence electrons. The zero-order valence-corrected chi connectivity index (χ0v) is 11.6. The molecule has 2 rings (SSSR count). The highest BCUT2D eigenvalue weighted by Crippen LogP contribution is 2.24. The normalized spacial score (nSPS) is 15.3. The van der Waals surface area contributed by atoms with E-state index in [1.807, 2.05) is 4.90 Å². The number of anilines is 1. The summed E-state index contributed by atoms with van der Waals surface area (Å²) in [4.78, 5) is 14.2. The third kappa shape index (κ3) is 3.93. The highest BCUT2D eigenvalue weighted by molar-refractivity contribution is 5.89. The van der Waals surface area contributed by atoms with Crippen LogP contribution in [0, 0.1) is 5.82 Å². The number of carbonyl (C=O) groups is 1. The Morgan fingerprint density at radius 3 is 2.80 bits per heavy atom. The summed E-state index contributed by atoms with van der Waals surface area (Å²) in [5.41, 5.74) is 6.03. The molecule has 1 fully saturated rings. The number of carbonyl (C=O) groups excluding carboxylic acids is 1. The van der Waals surface area contributed by atoms with Gasteiger partial charge in [0.15, 0.2) is 0 Å². The van der Waals surface area contributed by atoms with E-state index in [0.717, 1.165) is 32.1 Å². The van der Waals surface area contributed by atoms with E-state index >= 15 is 0 Å². The molecule has 1 aromatic rings. The summed E-state index contributed by atoms with van der Waals surface area (Å²) >= 11 is 0. The summed E-state index contributed by atoms with van der Waals surface area (Å²) in [7, 11) is 0. The third-order valence-corrected chi connectivity index (χ3v) is 3.71. The molecule has 0 atom stereocenters. The first kappa shape index (κ1) is 14.8. The van der Waals surface area contributed by atoms with Crippen LogP contribution >= 0.6 is 0 Å². The lowest BCUT2D eigenvalue weighted by Crippen LogP contribution is -2.42. The number of rotatable bonds is 5. The van der Waals surface area contributed by atoms with E-state index in [1.54, 1.807) is 12.1 Å². The van der Waals surface area contributed by atoms with Gasteiger partial charge in [-0.25, -0.2) is 9.18 Å². The van der Waals surface area contributed by atoms with Crippen molar-refractivity contribution in [2.45, 2.75) is 38.1 Å². The molecule has 0 bridgehead atoms. The lowest BCUT2D eigenvalue weighted by molar-refractivity contribution is 0.188. The minimum absolute atomic E-state index is 0.157. The maximum atomic E-state index is 13.1. The zero-order chi connectivity index (χ0) is 14.4. The van der Waals surface area contributed by atoms with E-state index in [0.29, 0.717) is 18.8 Å². The van der Waals surface area contributed by atoms with Crippen molar-refractivity contribution in [1.82, 2.24) is 4.90 Å². The first-order valence-corrected chi connectivity index (χ1v) is 7.24. The van der Waals surface area contributed by atoms with Gasteiger partial charge in [0.1, 0.15) is 5.82 Å². The van der Waals surface area contributed by atoms with Crippen LogP contribution in [0.1, 0.15) is 32.1 Å². The molecule has 1 aromatic carbocycles. The van der Waals surface area contributed by atoms with Crippen LogP contribution in [0.15, 0.2) is 24.3 Å². The second-order valence-electron chi connectivity index (χ2n) is 5.21. The molecule has 0 saturated heterocycles. The Kier molecular flexibility index (Phi) is 5.35. The maximum absolute atomic E-state index is 13.1. The van der Waals surface area contributed by atoms with Crippen LogP contribution in [-0.4, -0.2) is 30.1 Å². The number of nitrogens with two attached hydrogens (primary N) is 1. The van der Waals surface area contributed by atoms with Gasteiger partial charge in [0.25, 0.3) is 0 Å². The smallest absolute Gasteiger partial charge is 0.322 e. The molecule has 3 N–H and O–H groups in total. The molecule has 2 amide bonds. The Morgan fingerprint density at radius 2 is 2.15 bits per heavy atom. The number of urea groups is 1. The van der Waals surface area contributed by atoms with E-state index in [2.05, 4.69) is 5.32 Å². The lowest BCUT2D eigenvalue weighted by Gasteiger charge is -2.29. The summed E-state index contributed by atoms with van der Waals surface area (Å²) in [5.74, 6) is -0.350. The van der Waals surface area contributed by atoms with Crippen LogP contribution < -0.4 is 11.1 Å². The molecule has 0 aromatic heterocycles. The highest BCUT2D eigenvalue weighted by atomic mass is 19.1. The summed E-state index contributed by atoms with van der Waals surface area (Å²) < 4.78 is 13.1. The van der Waals surface area contributed by atoms with Crippen molar-refractivity contribution < 1.29 is 9.18 Å². The summed E-state index contributed by atoms with van der Waals surface area (Å²) in [6, 6.07) is 6.10. The predicted octanol–water partition coefficient (Wildman–Crippen LogP) is 2.95. The molecule has 1 saturated carbocycles. The topological polar surface area (TPSA) is 58.4 Å². The molecule has 4 nitrogen and oxygen atoms in total. The van der Waals surface area contributed by atoms with Crippen LogP contribution in [0.3, 0.4) is 0 Å². The Labute approximate surface area is 119 Å². The molecular formula is C15H22FN3O. The van der Waals surface area contributed by atoms with E-state index in [4.69, 9.17) is 5.73 Å². The van der Waals surface area contributed by atoms with Crippen LogP contribution in [-0.2, 0) is 0 Å². The van der Waals surface area contributed by atoms with Crippen molar-refractivity contribution >= 4 is 11.7 Å². The molecule has 0 spiro atoms. The quantitative estimate of drug-likeness (QED) is 0.870. The van der Waals surface area contributed by atoms with Crippen LogP contribution in [0.4, 0.5) is 14.9 Å². The molecule has 20 heavy (non-hydrogen) atoms. The minimum Gasteiger partial charge on any atom is -0.330 e. The molecule has 0 aliphatic heterocycles. The number of hydrogen-bond acceptors (Lipinski definition) is 2.